The van der Waals surface area contributed by atoms with E-state index in [0.29, 0.717) is 17.0 Å². The number of anilines is 1. The van der Waals surface area contributed by atoms with Gasteiger partial charge >= 0.3 is 5.97 Å². The van der Waals surface area contributed by atoms with Crippen molar-refractivity contribution in [3.63, 3.8) is 0 Å². The molecule has 0 aliphatic carbocycles. The Bertz CT molecular complexity index is 837. The third-order valence-corrected chi connectivity index (χ3v) is 2.97. The lowest BCUT2D eigenvalue weighted by atomic mass is 10.2. The fourth-order valence-electron chi connectivity index (χ4n) is 1.92. The summed E-state index contributed by atoms with van der Waals surface area (Å²) in [6, 6.07) is 9.70. The van der Waals surface area contributed by atoms with E-state index >= 15 is 0 Å². The van der Waals surface area contributed by atoms with E-state index in [4.69, 9.17) is 13.6 Å². The van der Waals surface area contributed by atoms with Gasteiger partial charge in [-0.25, -0.2) is 4.79 Å². The van der Waals surface area contributed by atoms with Gasteiger partial charge in [-0.2, -0.15) is 0 Å². The van der Waals surface area contributed by atoms with Crippen LogP contribution in [0.25, 0.3) is 11.7 Å². The average molecular weight is 327 g/mol. The first-order valence-electron chi connectivity index (χ1n) is 7.03. The lowest BCUT2D eigenvalue weighted by Gasteiger charge is -2.04. The monoisotopic (exact) mass is 327 g/mol. The number of benzene rings is 1. The largest absolute Gasteiger partial charge is 0.459 e. The van der Waals surface area contributed by atoms with Gasteiger partial charge in [-0.1, -0.05) is 0 Å². The van der Waals surface area contributed by atoms with E-state index in [1.807, 2.05) is 0 Å². The normalized spacial score (nSPS) is 10.4. The molecule has 3 aromatic rings. The van der Waals surface area contributed by atoms with Gasteiger partial charge in [-0.15, -0.1) is 10.2 Å². The zero-order valence-corrected chi connectivity index (χ0v) is 12.7. The van der Waals surface area contributed by atoms with Crippen molar-refractivity contribution in [3.8, 4) is 11.7 Å². The van der Waals surface area contributed by atoms with Crippen molar-refractivity contribution in [2.45, 2.75) is 13.5 Å². The van der Waals surface area contributed by atoms with Crippen molar-refractivity contribution in [1.29, 1.82) is 0 Å². The molecule has 0 radical (unpaired) electrons. The van der Waals surface area contributed by atoms with Crippen molar-refractivity contribution in [2.75, 3.05) is 5.32 Å². The Labute approximate surface area is 136 Å². The SMILES string of the molecule is CC(=O)Nc1ccc(C(=O)OCc2nnc(-c3ccco3)o2)cc1. The van der Waals surface area contributed by atoms with Gasteiger partial charge in [0.25, 0.3) is 11.8 Å². The van der Waals surface area contributed by atoms with Crippen LogP contribution in [0.15, 0.2) is 51.5 Å². The molecule has 0 atom stereocenters. The van der Waals surface area contributed by atoms with Crippen LogP contribution in [0.1, 0.15) is 23.2 Å². The highest BCUT2D eigenvalue weighted by atomic mass is 16.5. The molecule has 0 aliphatic rings. The maximum atomic E-state index is 12.0. The molecule has 122 valence electrons. The molecule has 1 N–H and O–H groups in total. The number of ether oxygens (including phenoxy) is 1. The quantitative estimate of drug-likeness (QED) is 0.718. The molecule has 3 rings (SSSR count). The van der Waals surface area contributed by atoms with Crippen LogP contribution >= 0.6 is 0 Å². The van der Waals surface area contributed by atoms with Crippen LogP contribution in [-0.4, -0.2) is 22.1 Å². The Morgan fingerprint density at radius 1 is 1.17 bits per heavy atom. The first-order chi connectivity index (χ1) is 11.6. The second-order valence-electron chi connectivity index (χ2n) is 4.81. The summed E-state index contributed by atoms with van der Waals surface area (Å²) in [5.41, 5.74) is 0.939. The predicted molar refractivity (Wildman–Crippen MR) is 81.9 cm³/mol. The van der Waals surface area contributed by atoms with Gasteiger partial charge in [0, 0.05) is 12.6 Å². The Morgan fingerprint density at radius 3 is 2.62 bits per heavy atom. The van der Waals surface area contributed by atoms with E-state index in [-0.39, 0.29) is 24.3 Å². The Hall–Kier alpha value is -3.42. The summed E-state index contributed by atoms with van der Waals surface area (Å²) in [5, 5.41) is 10.2. The second kappa shape index (κ2) is 6.78. The molecular formula is C16H13N3O5. The van der Waals surface area contributed by atoms with Crippen LogP contribution in [0, 0.1) is 0 Å². The van der Waals surface area contributed by atoms with Crippen LogP contribution in [0.2, 0.25) is 0 Å². The van der Waals surface area contributed by atoms with Gasteiger partial charge in [-0.3, -0.25) is 4.79 Å². The molecule has 8 nitrogen and oxygen atoms in total. The number of nitrogens with zero attached hydrogens (tertiary/aromatic N) is 2. The number of carbonyl (C=O) groups excluding carboxylic acids is 2. The molecule has 24 heavy (non-hydrogen) atoms. The minimum absolute atomic E-state index is 0.153. The number of rotatable bonds is 5. The minimum Gasteiger partial charge on any atom is -0.459 e. The number of furan rings is 1. The zero-order chi connectivity index (χ0) is 16.9. The number of hydrogen-bond donors (Lipinski definition) is 1. The third-order valence-electron chi connectivity index (χ3n) is 2.97. The molecule has 0 saturated carbocycles. The first-order valence-corrected chi connectivity index (χ1v) is 7.03. The number of amides is 1. The summed E-state index contributed by atoms with van der Waals surface area (Å²) >= 11 is 0. The van der Waals surface area contributed by atoms with Crippen LogP contribution < -0.4 is 5.32 Å². The van der Waals surface area contributed by atoms with Gasteiger partial charge in [0.2, 0.25) is 5.91 Å². The lowest BCUT2D eigenvalue weighted by molar-refractivity contribution is -0.114. The molecule has 0 aliphatic heterocycles. The van der Waals surface area contributed by atoms with E-state index in [2.05, 4.69) is 15.5 Å². The topological polar surface area (TPSA) is 107 Å². The van der Waals surface area contributed by atoms with E-state index in [1.165, 1.54) is 13.2 Å². The van der Waals surface area contributed by atoms with Crippen LogP contribution in [0.3, 0.4) is 0 Å². The molecule has 1 amide bonds. The number of esters is 1. The zero-order valence-electron chi connectivity index (χ0n) is 12.7. The average Bonchev–Trinajstić information content (AvgIpc) is 3.24. The summed E-state index contributed by atoms with van der Waals surface area (Å²) in [6.45, 7) is 1.25. The molecule has 0 saturated heterocycles. The van der Waals surface area contributed by atoms with E-state index < -0.39 is 5.97 Å². The number of aromatic nitrogens is 2. The summed E-state index contributed by atoms with van der Waals surface area (Å²) in [5.74, 6) is 0.0835. The number of hydrogen-bond acceptors (Lipinski definition) is 7. The number of carbonyl (C=O) groups is 2. The van der Waals surface area contributed by atoms with Gasteiger partial charge in [0.05, 0.1) is 11.8 Å². The molecule has 0 bridgehead atoms. The highest BCUT2D eigenvalue weighted by Crippen LogP contribution is 2.18. The first kappa shape index (κ1) is 15.5. The van der Waals surface area contributed by atoms with E-state index in [9.17, 15) is 9.59 Å². The maximum Gasteiger partial charge on any atom is 0.338 e. The van der Waals surface area contributed by atoms with E-state index in [1.54, 1.807) is 36.4 Å². The van der Waals surface area contributed by atoms with Crippen molar-refractivity contribution < 1.29 is 23.2 Å². The maximum absolute atomic E-state index is 12.0. The second-order valence-corrected chi connectivity index (χ2v) is 4.81. The molecule has 0 fully saturated rings. The molecule has 1 aromatic carbocycles. The summed E-state index contributed by atoms with van der Waals surface area (Å²) in [4.78, 5) is 22.9. The van der Waals surface area contributed by atoms with Gasteiger partial charge < -0.3 is 18.9 Å². The predicted octanol–water partition coefficient (Wildman–Crippen LogP) is 2.65. The van der Waals surface area contributed by atoms with Crippen LogP contribution in [0.4, 0.5) is 5.69 Å². The Balaban J connectivity index is 1.58. The van der Waals surface area contributed by atoms with Gasteiger partial charge in [-0.05, 0) is 36.4 Å². The summed E-state index contributed by atoms with van der Waals surface area (Å²) < 4.78 is 15.6. The van der Waals surface area contributed by atoms with Crippen molar-refractivity contribution >= 4 is 17.6 Å². The number of nitrogens with one attached hydrogen (secondary N) is 1. The Kier molecular flexibility index (Phi) is 4.37. The minimum atomic E-state index is -0.540. The smallest absolute Gasteiger partial charge is 0.338 e. The van der Waals surface area contributed by atoms with Crippen molar-refractivity contribution in [3.05, 3.63) is 54.1 Å². The van der Waals surface area contributed by atoms with Crippen LogP contribution in [0.5, 0.6) is 0 Å². The molecular weight excluding hydrogens is 314 g/mol. The highest BCUT2D eigenvalue weighted by Gasteiger charge is 2.13. The highest BCUT2D eigenvalue weighted by molar-refractivity contribution is 5.92. The molecule has 0 spiro atoms. The Morgan fingerprint density at radius 2 is 1.96 bits per heavy atom. The standard InChI is InChI=1S/C16H13N3O5/c1-10(20)17-12-6-4-11(5-7-12)16(21)23-9-14-18-19-15(24-14)13-3-2-8-22-13/h2-8H,9H2,1H3,(H,17,20). The molecule has 2 heterocycles. The third kappa shape index (κ3) is 3.67. The summed E-state index contributed by atoms with van der Waals surface area (Å²) in [6.07, 6.45) is 1.49. The summed E-state index contributed by atoms with van der Waals surface area (Å²) in [7, 11) is 0. The molecule has 2 aromatic heterocycles. The van der Waals surface area contributed by atoms with Crippen LogP contribution in [-0.2, 0) is 16.1 Å². The lowest BCUT2D eigenvalue weighted by Crippen LogP contribution is -2.08. The van der Waals surface area contributed by atoms with Gasteiger partial charge in [0.15, 0.2) is 12.4 Å². The molecule has 0 unspecified atom stereocenters. The molecule has 8 heteroatoms. The fourth-order valence-corrected chi connectivity index (χ4v) is 1.92. The fraction of sp³-hybridized carbons (Fsp3) is 0.125. The van der Waals surface area contributed by atoms with Crippen molar-refractivity contribution in [2.24, 2.45) is 0 Å². The van der Waals surface area contributed by atoms with E-state index in [0.717, 1.165) is 0 Å². The van der Waals surface area contributed by atoms with Crippen molar-refractivity contribution in [1.82, 2.24) is 10.2 Å². The van der Waals surface area contributed by atoms with Gasteiger partial charge in [0.1, 0.15) is 0 Å².